The van der Waals surface area contributed by atoms with Crippen LogP contribution in [0.4, 0.5) is 13.2 Å². The standard InChI is InChI=1S/C14H7Cl4F3/c15-6-7-1-2-8(14(19,20)21)5-10(7)9-3-4-11(16)13(18)12(9)17/h1-5H,6H2. The van der Waals surface area contributed by atoms with Gasteiger partial charge in [-0.05, 0) is 29.3 Å². The molecule has 0 amide bonds. The molecule has 0 aliphatic heterocycles. The van der Waals surface area contributed by atoms with Crippen LogP contribution in [-0.2, 0) is 12.1 Å². The van der Waals surface area contributed by atoms with Crippen molar-refractivity contribution < 1.29 is 13.2 Å². The molecule has 0 aromatic heterocycles. The zero-order valence-electron chi connectivity index (χ0n) is 10.2. The van der Waals surface area contributed by atoms with Crippen molar-refractivity contribution in [3.05, 3.63) is 56.5 Å². The average Bonchev–Trinajstić information content (AvgIpc) is 2.43. The first-order chi connectivity index (χ1) is 9.75. The molecule has 0 radical (unpaired) electrons. The van der Waals surface area contributed by atoms with Crippen molar-refractivity contribution in [3.63, 3.8) is 0 Å². The molecule has 0 spiro atoms. The normalized spacial score (nSPS) is 11.8. The van der Waals surface area contributed by atoms with Crippen LogP contribution in [0.15, 0.2) is 30.3 Å². The van der Waals surface area contributed by atoms with E-state index in [1.165, 1.54) is 18.2 Å². The van der Waals surface area contributed by atoms with Gasteiger partial charge < -0.3 is 0 Å². The Labute approximate surface area is 139 Å². The van der Waals surface area contributed by atoms with E-state index in [-0.39, 0.29) is 26.5 Å². The first kappa shape index (κ1) is 16.8. The summed E-state index contributed by atoms with van der Waals surface area (Å²) in [5.74, 6) is 0.0457. The molecule has 0 aliphatic carbocycles. The highest BCUT2D eigenvalue weighted by molar-refractivity contribution is 6.49. The van der Waals surface area contributed by atoms with Crippen molar-refractivity contribution >= 4 is 46.4 Å². The Kier molecular flexibility index (Phi) is 4.99. The Balaban J connectivity index is 2.70. The highest BCUT2D eigenvalue weighted by Crippen LogP contribution is 2.41. The first-order valence-corrected chi connectivity index (χ1v) is 7.32. The quantitative estimate of drug-likeness (QED) is 0.390. The largest absolute Gasteiger partial charge is 0.416 e. The van der Waals surface area contributed by atoms with Crippen LogP contribution in [0.2, 0.25) is 15.1 Å². The predicted molar refractivity (Wildman–Crippen MR) is 81.5 cm³/mol. The van der Waals surface area contributed by atoms with Gasteiger partial charge in [-0.2, -0.15) is 13.2 Å². The Bertz CT molecular complexity index is 681. The zero-order chi connectivity index (χ0) is 15.8. The van der Waals surface area contributed by atoms with Gasteiger partial charge in [0.1, 0.15) is 0 Å². The number of halogens is 7. The van der Waals surface area contributed by atoms with E-state index >= 15 is 0 Å². The maximum absolute atomic E-state index is 12.9. The zero-order valence-corrected chi connectivity index (χ0v) is 13.3. The van der Waals surface area contributed by atoms with E-state index in [1.807, 2.05) is 0 Å². The third kappa shape index (κ3) is 3.42. The van der Waals surface area contributed by atoms with E-state index in [0.29, 0.717) is 11.1 Å². The topological polar surface area (TPSA) is 0 Å². The summed E-state index contributed by atoms with van der Waals surface area (Å²) >= 11 is 23.6. The van der Waals surface area contributed by atoms with E-state index in [9.17, 15) is 13.2 Å². The number of hydrogen-bond acceptors (Lipinski definition) is 0. The van der Waals surface area contributed by atoms with Crippen molar-refractivity contribution in [1.82, 2.24) is 0 Å². The minimum Gasteiger partial charge on any atom is -0.166 e. The summed E-state index contributed by atoms with van der Waals surface area (Å²) in [5.41, 5.74) is 0.370. The van der Waals surface area contributed by atoms with Gasteiger partial charge in [0.25, 0.3) is 0 Å². The Morgan fingerprint density at radius 2 is 1.52 bits per heavy atom. The summed E-state index contributed by atoms with van der Waals surface area (Å²) in [6.07, 6.45) is -4.46. The average molecular weight is 374 g/mol. The molecule has 0 fully saturated rings. The van der Waals surface area contributed by atoms with Gasteiger partial charge in [0, 0.05) is 11.4 Å². The second-order valence-corrected chi connectivity index (χ2v) is 5.66. The highest BCUT2D eigenvalue weighted by Gasteiger charge is 2.31. The summed E-state index contributed by atoms with van der Waals surface area (Å²) in [6, 6.07) is 6.30. The van der Waals surface area contributed by atoms with Gasteiger partial charge in [-0.25, -0.2) is 0 Å². The van der Waals surface area contributed by atoms with Gasteiger partial charge in [-0.3, -0.25) is 0 Å². The summed E-state index contributed by atoms with van der Waals surface area (Å²) in [5, 5.41) is 0.411. The molecular weight excluding hydrogens is 367 g/mol. The molecule has 0 N–H and O–H groups in total. The monoisotopic (exact) mass is 372 g/mol. The first-order valence-electron chi connectivity index (χ1n) is 5.65. The lowest BCUT2D eigenvalue weighted by Crippen LogP contribution is -2.05. The minimum absolute atomic E-state index is 0.0457. The fraction of sp³-hybridized carbons (Fsp3) is 0.143. The fourth-order valence-corrected chi connectivity index (χ4v) is 2.72. The highest BCUT2D eigenvalue weighted by atomic mass is 35.5. The van der Waals surface area contributed by atoms with Crippen molar-refractivity contribution in [3.8, 4) is 11.1 Å². The fourth-order valence-electron chi connectivity index (χ4n) is 1.85. The second-order valence-electron chi connectivity index (χ2n) is 4.23. The van der Waals surface area contributed by atoms with E-state index in [0.717, 1.165) is 12.1 Å². The molecule has 2 aromatic carbocycles. The van der Waals surface area contributed by atoms with Gasteiger partial charge >= 0.3 is 6.18 Å². The molecule has 112 valence electrons. The lowest BCUT2D eigenvalue weighted by Gasteiger charge is -2.14. The summed E-state index contributed by atoms with van der Waals surface area (Å²) in [7, 11) is 0. The van der Waals surface area contributed by atoms with Crippen LogP contribution in [0.1, 0.15) is 11.1 Å². The van der Waals surface area contributed by atoms with Crippen LogP contribution in [0.3, 0.4) is 0 Å². The molecule has 2 rings (SSSR count). The minimum atomic E-state index is -4.46. The predicted octanol–water partition coefficient (Wildman–Crippen LogP) is 7.07. The number of benzene rings is 2. The molecule has 0 heterocycles. The third-order valence-electron chi connectivity index (χ3n) is 2.91. The van der Waals surface area contributed by atoms with E-state index in [1.54, 1.807) is 0 Å². The van der Waals surface area contributed by atoms with Crippen LogP contribution in [0.5, 0.6) is 0 Å². The third-order valence-corrected chi connectivity index (χ3v) is 4.49. The van der Waals surface area contributed by atoms with Crippen LogP contribution in [0, 0.1) is 0 Å². The van der Waals surface area contributed by atoms with E-state index < -0.39 is 11.7 Å². The van der Waals surface area contributed by atoms with Crippen molar-refractivity contribution in [1.29, 1.82) is 0 Å². The van der Waals surface area contributed by atoms with Crippen LogP contribution >= 0.6 is 46.4 Å². The van der Waals surface area contributed by atoms with Gasteiger partial charge in [-0.1, -0.05) is 46.9 Å². The molecule has 0 atom stereocenters. The number of hydrogen-bond donors (Lipinski definition) is 0. The number of rotatable bonds is 2. The molecule has 0 unspecified atom stereocenters. The van der Waals surface area contributed by atoms with Crippen LogP contribution in [0.25, 0.3) is 11.1 Å². The SMILES string of the molecule is FC(F)(F)c1ccc(CCl)c(-c2ccc(Cl)c(Cl)c2Cl)c1. The van der Waals surface area contributed by atoms with Crippen LogP contribution < -0.4 is 0 Å². The maximum Gasteiger partial charge on any atom is 0.416 e. The molecule has 0 saturated heterocycles. The molecule has 0 nitrogen and oxygen atoms in total. The Morgan fingerprint density at radius 3 is 2.10 bits per heavy atom. The molecule has 21 heavy (non-hydrogen) atoms. The Morgan fingerprint density at radius 1 is 0.857 bits per heavy atom. The van der Waals surface area contributed by atoms with Crippen molar-refractivity contribution in [2.45, 2.75) is 12.1 Å². The summed E-state index contributed by atoms with van der Waals surface area (Å²) < 4.78 is 38.6. The van der Waals surface area contributed by atoms with Crippen molar-refractivity contribution in [2.24, 2.45) is 0 Å². The molecule has 0 aliphatic rings. The van der Waals surface area contributed by atoms with Gasteiger partial charge in [-0.15, -0.1) is 11.6 Å². The van der Waals surface area contributed by atoms with Gasteiger partial charge in [0.05, 0.1) is 20.6 Å². The molecule has 2 aromatic rings. The van der Waals surface area contributed by atoms with Gasteiger partial charge in [0.15, 0.2) is 0 Å². The van der Waals surface area contributed by atoms with Crippen LogP contribution in [-0.4, -0.2) is 0 Å². The molecule has 0 saturated carbocycles. The van der Waals surface area contributed by atoms with E-state index in [2.05, 4.69) is 0 Å². The smallest absolute Gasteiger partial charge is 0.166 e. The number of alkyl halides is 4. The second kappa shape index (κ2) is 6.25. The Hall–Kier alpha value is -0.610. The van der Waals surface area contributed by atoms with Gasteiger partial charge in [0.2, 0.25) is 0 Å². The lowest BCUT2D eigenvalue weighted by atomic mass is 9.97. The molecular formula is C14H7Cl4F3. The van der Waals surface area contributed by atoms with E-state index in [4.69, 9.17) is 46.4 Å². The maximum atomic E-state index is 12.9. The molecule has 7 heteroatoms. The summed E-state index contributed by atoms with van der Waals surface area (Å²) in [4.78, 5) is 0. The summed E-state index contributed by atoms with van der Waals surface area (Å²) in [6.45, 7) is 0. The lowest BCUT2D eigenvalue weighted by molar-refractivity contribution is -0.137. The van der Waals surface area contributed by atoms with Crippen molar-refractivity contribution in [2.75, 3.05) is 0 Å². The molecule has 0 bridgehead atoms.